The van der Waals surface area contributed by atoms with E-state index in [1.165, 1.54) is 13.2 Å². The summed E-state index contributed by atoms with van der Waals surface area (Å²) in [6, 6.07) is 1.26. The zero-order valence-corrected chi connectivity index (χ0v) is 7.44. The summed E-state index contributed by atoms with van der Waals surface area (Å²) in [6.45, 7) is 3.25. The lowest BCUT2D eigenvalue weighted by atomic mass is 10.4. The van der Waals surface area contributed by atoms with Gasteiger partial charge in [0.25, 0.3) is 0 Å². The maximum absolute atomic E-state index is 10.9. The summed E-state index contributed by atoms with van der Waals surface area (Å²) >= 11 is 0. The Hall–Kier alpha value is -2.11. The molecule has 0 atom stereocenters. The van der Waals surface area contributed by atoms with Gasteiger partial charge in [-0.05, 0) is 6.08 Å². The Balaban J connectivity index is 2.73. The van der Waals surface area contributed by atoms with Crippen molar-refractivity contribution in [3.05, 3.63) is 24.4 Å². The van der Waals surface area contributed by atoms with E-state index in [0.29, 0.717) is 0 Å². The Bertz CT molecular complexity index is 369. The molecular weight excluding hydrogens is 188 g/mol. The van der Waals surface area contributed by atoms with Gasteiger partial charge in [0.1, 0.15) is 0 Å². The van der Waals surface area contributed by atoms with Crippen LogP contribution in [0.3, 0.4) is 0 Å². The molecule has 0 fully saturated rings. The highest BCUT2D eigenvalue weighted by Gasteiger charge is 2.12. The van der Waals surface area contributed by atoms with Gasteiger partial charge in [0, 0.05) is 6.07 Å². The topological polar surface area (TPSA) is 81.4 Å². The molecule has 0 radical (unpaired) electrons. The zero-order chi connectivity index (χ0) is 10.6. The first-order valence-electron chi connectivity index (χ1n) is 3.66. The lowest BCUT2D eigenvalue weighted by Gasteiger charge is -1.91. The fraction of sp³-hybridized carbons (Fsp3) is 0.125. The van der Waals surface area contributed by atoms with Gasteiger partial charge in [0.2, 0.25) is 11.8 Å². The van der Waals surface area contributed by atoms with Crippen LogP contribution in [0.5, 0.6) is 0 Å². The van der Waals surface area contributed by atoms with Crippen LogP contribution in [-0.4, -0.2) is 24.1 Å². The first-order chi connectivity index (χ1) is 6.67. The highest BCUT2D eigenvalue weighted by molar-refractivity contribution is 5.98. The van der Waals surface area contributed by atoms with Crippen LogP contribution < -0.4 is 5.32 Å². The molecule has 14 heavy (non-hydrogen) atoms. The Kier molecular flexibility index (Phi) is 3.01. The largest absolute Gasteiger partial charge is 0.464 e. The number of hydrogen-bond acceptors (Lipinski definition) is 5. The molecule has 0 aliphatic rings. The standard InChI is InChI=1S/C8H8N2O4/c1-3-6(11)9-7-4-5(10-14-7)8(12)13-2/h3-4H,1H2,2H3,(H,9,11). The van der Waals surface area contributed by atoms with Crippen molar-refractivity contribution < 1.29 is 18.8 Å². The van der Waals surface area contributed by atoms with Crippen molar-refractivity contribution >= 4 is 17.8 Å². The fourth-order valence-corrected chi connectivity index (χ4v) is 0.707. The monoisotopic (exact) mass is 196 g/mol. The van der Waals surface area contributed by atoms with Gasteiger partial charge in [-0.2, -0.15) is 0 Å². The van der Waals surface area contributed by atoms with Crippen molar-refractivity contribution in [2.24, 2.45) is 0 Å². The molecule has 0 bridgehead atoms. The third kappa shape index (κ3) is 2.19. The van der Waals surface area contributed by atoms with Gasteiger partial charge in [-0.3, -0.25) is 10.1 Å². The summed E-state index contributed by atoms with van der Waals surface area (Å²) in [5.41, 5.74) is -0.00753. The van der Waals surface area contributed by atoms with E-state index in [9.17, 15) is 9.59 Å². The predicted octanol–water partition coefficient (Wildman–Crippen LogP) is 0.586. The molecule has 0 spiro atoms. The fourth-order valence-electron chi connectivity index (χ4n) is 0.707. The third-order valence-electron chi connectivity index (χ3n) is 1.34. The zero-order valence-electron chi connectivity index (χ0n) is 7.44. The van der Waals surface area contributed by atoms with Gasteiger partial charge >= 0.3 is 5.97 Å². The molecule has 74 valence electrons. The molecule has 1 aromatic heterocycles. The van der Waals surface area contributed by atoms with Crippen molar-refractivity contribution in [2.45, 2.75) is 0 Å². The van der Waals surface area contributed by atoms with Crippen LogP contribution in [-0.2, 0) is 9.53 Å². The Morgan fingerprint density at radius 1 is 1.71 bits per heavy atom. The molecule has 1 N–H and O–H groups in total. The number of hydrogen-bond donors (Lipinski definition) is 1. The number of esters is 1. The number of nitrogens with zero attached hydrogens (tertiary/aromatic N) is 1. The number of methoxy groups -OCH3 is 1. The predicted molar refractivity (Wildman–Crippen MR) is 46.7 cm³/mol. The molecule has 1 amide bonds. The van der Waals surface area contributed by atoms with Crippen LogP contribution in [0.25, 0.3) is 0 Å². The average Bonchev–Trinajstić information content (AvgIpc) is 2.65. The van der Waals surface area contributed by atoms with E-state index < -0.39 is 11.9 Å². The average molecular weight is 196 g/mol. The molecule has 6 nitrogen and oxygen atoms in total. The van der Waals surface area contributed by atoms with Crippen molar-refractivity contribution in [1.82, 2.24) is 5.16 Å². The Morgan fingerprint density at radius 2 is 2.43 bits per heavy atom. The molecule has 0 saturated carbocycles. The van der Waals surface area contributed by atoms with Crippen LogP contribution in [0, 0.1) is 0 Å². The highest BCUT2D eigenvalue weighted by atomic mass is 16.5. The summed E-state index contributed by atoms with van der Waals surface area (Å²) in [4.78, 5) is 21.7. The van der Waals surface area contributed by atoms with Crippen LogP contribution in [0.2, 0.25) is 0 Å². The smallest absolute Gasteiger partial charge is 0.360 e. The molecule has 0 aromatic carbocycles. The van der Waals surface area contributed by atoms with Crippen LogP contribution in [0.15, 0.2) is 23.2 Å². The van der Waals surface area contributed by atoms with Crippen molar-refractivity contribution in [3.63, 3.8) is 0 Å². The summed E-state index contributed by atoms with van der Waals surface area (Å²) < 4.78 is 9.02. The molecule has 1 aromatic rings. The lowest BCUT2D eigenvalue weighted by Crippen LogP contribution is -2.06. The molecule has 0 aliphatic heterocycles. The normalized spacial score (nSPS) is 9.21. The summed E-state index contributed by atoms with van der Waals surface area (Å²) in [7, 11) is 1.22. The number of aromatic nitrogens is 1. The number of carbonyl (C=O) groups is 2. The van der Waals surface area contributed by atoms with E-state index in [1.54, 1.807) is 0 Å². The van der Waals surface area contributed by atoms with E-state index in [2.05, 4.69) is 26.3 Å². The second-order valence-corrected chi connectivity index (χ2v) is 2.26. The molecule has 1 heterocycles. The van der Waals surface area contributed by atoms with Gasteiger partial charge < -0.3 is 9.26 Å². The number of carbonyl (C=O) groups excluding carboxylic acids is 2. The minimum atomic E-state index is -0.632. The van der Waals surface area contributed by atoms with Gasteiger partial charge in [0.05, 0.1) is 7.11 Å². The Morgan fingerprint density at radius 3 is 3.00 bits per heavy atom. The molecule has 0 saturated heterocycles. The minimum Gasteiger partial charge on any atom is -0.464 e. The van der Waals surface area contributed by atoms with Gasteiger partial charge in [-0.25, -0.2) is 4.79 Å². The number of nitrogens with one attached hydrogen (secondary N) is 1. The SMILES string of the molecule is C=CC(=O)Nc1cc(C(=O)OC)no1. The molecule has 6 heteroatoms. The van der Waals surface area contributed by atoms with Gasteiger partial charge in [-0.1, -0.05) is 11.7 Å². The van der Waals surface area contributed by atoms with Crippen LogP contribution >= 0.6 is 0 Å². The molecule has 1 rings (SSSR count). The lowest BCUT2D eigenvalue weighted by molar-refractivity contribution is -0.112. The number of ether oxygens (including phenoxy) is 1. The number of rotatable bonds is 3. The van der Waals surface area contributed by atoms with Crippen LogP contribution in [0.4, 0.5) is 5.88 Å². The highest BCUT2D eigenvalue weighted by Crippen LogP contribution is 2.09. The van der Waals surface area contributed by atoms with E-state index in [4.69, 9.17) is 0 Å². The van der Waals surface area contributed by atoms with Gasteiger partial charge in [0.15, 0.2) is 5.69 Å². The molecule has 0 unspecified atom stereocenters. The first kappa shape index (κ1) is 9.97. The van der Waals surface area contributed by atoms with E-state index >= 15 is 0 Å². The first-order valence-corrected chi connectivity index (χ1v) is 3.66. The van der Waals surface area contributed by atoms with Crippen molar-refractivity contribution in [3.8, 4) is 0 Å². The van der Waals surface area contributed by atoms with Crippen molar-refractivity contribution in [1.29, 1.82) is 0 Å². The maximum Gasteiger partial charge on any atom is 0.360 e. The third-order valence-corrected chi connectivity index (χ3v) is 1.34. The van der Waals surface area contributed by atoms with Crippen LogP contribution in [0.1, 0.15) is 10.5 Å². The quantitative estimate of drug-likeness (QED) is 0.565. The van der Waals surface area contributed by atoms with Gasteiger partial charge in [-0.15, -0.1) is 0 Å². The Labute approximate surface area is 79.5 Å². The maximum atomic E-state index is 10.9. The number of amides is 1. The van der Waals surface area contributed by atoms with Crippen molar-refractivity contribution in [2.75, 3.05) is 12.4 Å². The van der Waals surface area contributed by atoms with E-state index in [1.807, 2.05) is 0 Å². The molecular formula is C8H8N2O4. The second kappa shape index (κ2) is 4.22. The summed E-state index contributed by atoms with van der Waals surface area (Å²) in [6.07, 6.45) is 1.07. The number of anilines is 1. The molecule has 0 aliphatic carbocycles. The summed E-state index contributed by atoms with van der Waals surface area (Å²) in [5.74, 6) is -1.01. The second-order valence-electron chi connectivity index (χ2n) is 2.26. The summed E-state index contributed by atoms with van der Waals surface area (Å²) in [5, 5.41) is 5.67. The minimum absolute atomic E-state index is 0.00753. The van der Waals surface area contributed by atoms with E-state index in [0.717, 1.165) is 6.08 Å². The van der Waals surface area contributed by atoms with E-state index in [-0.39, 0.29) is 11.6 Å².